The van der Waals surface area contributed by atoms with Crippen molar-refractivity contribution in [1.29, 1.82) is 0 Å². The molecule has 2 aromatic rings. The fourth-order valence-electron chi connectivity index (χ4n) is 3.38. The fourth-order valence-corrected chi connectivity index (χ4v) is 3.38. The van der Waals surface area contributed by atoms with Crippen molar-refractivity contribution in [3.63, 3.8) is 0 Å². The number of benzene rings is 1. The molecular weight excluding hydrogens is 337 g/mol. The standard InChI is InChI=1S/C19H22FN3O3/c1-12-16(10-17(24)22-9-8-19(3,11-22)18(25)26)13(2)23(21-12)15-6-4-14(20)5-7-15/h4-7H,8-11H2,1-3H3,(H,25,26)/t19-/m1/s1. The van der Waals surface area contributed by atoms with Crippen LogP contribution < -0.4 is 0 Å². The first kappa shape index (κ1) is 18.1. The Hall–Kier alpha value is -2.70. The van der Waals surface area contributed by atoms with Gasteiger partial charge in [-0.3, -0.25) is 9.59 Å². The molecule has 3 rings (SSSR count). The van der Waals surface area contributed by atoms with Gasteiger partial charge in [0, 0.05) is 24.3 Å². The number of carboxylic acid groups (broad SMARTS) is 1. The van der Waals surface area contributed by atoms with E-state index in [1.807, 2.05) is 13.8 Å². The average molecular weight is 359 g/mol. The Labute approximate surface area is 151 Å². The Balaban J connectivity index is 1.79. The number of nitrogens with zero attached hydrogens (tertiary/aromatic N) is 3. The summed E-state index contributed by atoms with van der Waals surface area (Å²) in [6, 6.07) is 6.01. The van der Waals surface area contributed by atoms with Gasteiger partial charge >= 0.3 is 5.97 Å². The molecule has 138 valence electrons. The van der Waals surface area contributed by atoms with E-state index in [9.17, 15) is 19.1 Å². The third-order valence-electron chi connectivity index (χ3n) is 5.18. The number of carbonyl (C=O) groups is 2. The molecule has 0 aliphatic carbocycles. The minimum absolute atomic E-state index is 0.0974. The smallest absolute Gasteiger partial charge is 0.311 e. The largest absolute Gasteiger partial charge is 0.481 e. The van der Waals surface area contributed by atoms with E-state index in [2.05, 4.69) is 5.10 Å². The summed E-state index contributed by atoms with van der Waals surface area (Å²) in [5.41, 5.74) is 2.23. The monoisotopic (exact) mass is 359 g/mol. The summed E-state index contributed by atoms with van der Waals surface area (Å²) in [4.78, 5) is 25.6. The Kier molecular flexibility index (Phi) is 4.56. The highest BCUT2D eigenvalue weighted by molar-refractivity contribution is 5.82. The molecule has 0 saturated carbocycles. The van der Waals surface area contributed by atoms with E-state index < -0.39 is 11.4 Å². The highest BCUT2D eigenvalue weighted by Gasteiger charge is 2.42. The summed E-state index contributed by atoms with van der Waals surface area (Å²) in [7, 11) is 0. The van der Waals surface area contributed by atoms with Crippen LogP contribution in [-0.4, -0.2) is 44.8 Å². The summed E-state index contributed by atoms with van der Waals surface area (Å²) in [6.07, 6.45) is 0.634. The molecule has 1 N–H and O–H groups in total. The number of amides is 1. The minimum atomic E-state index is -0.877. The molecular formula is C19H22FN3O3. The highest BCUT2D eigenvalue weighted by Crippen LogP contribution is 2.31. The van der Waals surface area contributed by atoms with Crippen molar-refractivity contribution in [2.45, 2.75) is 33.6 Å². The lowest BCUT2D eigenvalue weighted by atomic mass is 9.90. The number of carboxylic acids is 1. The Morgan fingerprint density at radius 1 is 1.27 bits per heavy atom. The molecule has 1 fully saturated rings. The summed E-state index contributed by atoms with van der Waals surface area (Å²) in [5, 5.41) is 13.8. The first-order chi connectivity index (χ1) is 12.2. The van der Waals surface area contributed by atoms with Gasteiger partial charge in [-0.05, 0) is 51.5 Å². The fraction of sp³-hybridized carbons (Fsp3) is 0.421. The van der Waals surface area contributed by atoms with Crippen LogP contribution in [0.15, 0.2) is 24.3 Å². The van der Waals surface area contributed by atoms with Crippen LogP contribution in [0, 0.1) is 25.1 Å². The van der Waals surface area contributed by atoms with E-state index in [0.717, 1.165) is 22.6 Å². The molecule has 0 unspecified atom stereocenters. The van der Waals surface area contributed by atoms with Crippen LogP contribution in [0.25, 0.3) is 5.69 Å². The van der Waals surface area contributed by atoms with Crippen LogP contribution in [0.1, 0.15) is 30.3 Å². The van der Waals surface area contributed by atoms with Crippen molar-refractivity contribution in [3.8, 4) is 5.69 Å². The van der Waals surface area contributed by atoms with Crippen molar-refractivity contribution in [3.05, 3.63) is 47.0 Å². The quantitative estimate of drug-likeness (QED) is 0.910. The van der Waals surface area contributed by atoms with Crippen LogP contribution >= 0.6 is 0 Å². The normalized spacial score (nSPS) is 19.8. The third kappa shape index (κ3) is 3.21. The highest BCUT2D eigenvalue weighted by atomic mass is 19.1. The van der Waals surface area contributed by atoms with Crippen LogP contribution in [0.5, 0.6) is 0 Å². The van der Waals surface area contributed by atoms with Gasteiger partial charge in [-0.2, -0.15) is 5.10 Å². The second kappa shape index (κ2) is 6.55. The van der Waals surface area contributed by atoms with E-state index in [1.54, 1.807) is 28.6 Å². The molecule has 0 radical (unpaired) electrons. The molecule has 6 nitrogen and oxygen atoms in total. The number of aromatic nitrogens is 2. The molecule has 1 aromatic heterocycles. The van der Waals surface area contributed by atoms with E-state index in [0.29, 0.717) is 13.0 Å². The van der Waals surface area contributed by atoms with Gasteiger partial charge < -0.3 is 10.0 Å². The summed E-state index contributed by atoms with van der Waals surface area (Å²) >= 11 is 0. The van der Waals surface area contributed by atoms with Crippen LogP contribution in [0.2, 0.25) is 0 Å². The van der Waals surface area contributed by atoms with E-state index in [1.165, 1.54) is 12.1 Å². The Bertz CT molecular complexity index is 860. The molecule has 7 heteroatoms. The zero-order valence-electron chi connectivity index (χ0n) is 15.1. The zero-order valence-corrected chi connectivity index (χ0v) is 15.1. The van der Waals surface area contributed by atoms with Crippen molar-refractivity contribution in [2.24, 2.45) is 5.41 Å². The van der Waals surface area contributed by atoms with Gasteiger partial charge in [-0.25, -0.2) is 9.07 Å². The second-order valence-corrected chi connectivity index (χ2v) is 7.15. The third-order valence-corrected chi connectivity index (χ3v) is 5.18. The molecule has 1 aliphatic heterocycles. The first-order valence-electron chi connectivity index (χ1n) is 8.53. The van der Waals surface area contributed by atoms with Crippen molar-refractivity contribution < 1.29 is 19.1 Å². The van der Waals surface area contributed by atoms with Gasteiger partial charge in [-0.15, -0.1) is 0 Å². The number of rotatable bonds is 4. The van der Waals surface area contributed by atoms with Crippen LogP contribution in [-0.2, 0) is 16.0 Å². The van der Waals surface area contributed by atoms with Crippen molar-refractivity contribution in [1.82, 2.24) is 14.7 Å². The lowest BCUT2D eigenvalue weighted by molar-refractivity contribution is -0.147. The van der Waals surface area contributed by atoms with Crippen LogP contribution in [0.3, 0.4) is 0 Å². The predicted octanol–water partition coefficient (Wildman–Crippen LogP) is 2.49. The Morgan fingerprint density at radius 2 is 1.92 bits per heavy atom. The molecule has 1 aliphatic rings. The molecule has 2 heterocycles. The number of hydrogen-bond acceptors (Lipinski definition) is 3. The number of aryl methyl sites for hydroxylation is 1. The van der Waals surface area contributed by atoms with Gasteiger partial charge in [0.1, 0.15) is 5.82 Å². The zero-order chi connectivity index (χ0) is 19.1. The topological polar surface area (TPSA) is 75.4 Å². The molecule has 1 atom stereocenters. The molecule has 0 spiro atoms. The summed E-state index contributed by atoms with van der Waals surface area (Å²) < 4.78 is 14.8. The molecule has 1 saturated heterocycles. The van der Waals surface area contributed by atoms with Gasteiger partial charge in [0.15, 0.2) is 0 Å². The lowest BCUT2D eigenvalue weighted by Gasteiger charge is -2.20. The van der Waals surface area contributed by atoms with E-state index in [-0.39, 0.29) is 24.7 Å². The number of carbonyl (C=O) groups excluding carboxylic acids is 1. The molecule has 26 heavy (non-hydrogen) atoms. The van der Waals surface area contributed by atoms with Crippen molar-refractivity contribution in [2.75, 3.05) is 13.1 Å². The maximum absolute atomic E-state index is 13.1. The number of halogens is 1. The maximum atomic E-state index is 13.1. The number of aliphatic carboxylic acids is 1. The van der Waals surface area contributed by atoms with Gasteiger partial charge in [-0.1, -0.05) is 0 Å². The average Bonchev–Trinajstić information content (AvgIpc) is 3.12. The van der Waals surface area contributed by atoms with Gasteiger partial charge in [0.2, 0.25) is 5.91 Å². The number of likely N-dealkylation sites (tertiary alicyclic amines) is 1. The summed E-state index contributed by atoms with van der Waals surface area (Å²) in [5.74, 6) is -1.29. The minimum Gasteiger partial charge on any atom is -0.481 e. The molecule has 1 amide bonds. The molecule has 1 aromatic carbocycles. The first-order valence-corrected chi connectivity index (χ1v) is 8.53. The maximum Gasteiger partial charge on any atom is 0.311 e. The number of hydrogen-bond donors (Lipinski definition) is 1. The molecule has 0 bridgehead atoms. The van der Waals surface area contributed by atoms with Crippen LogP contribution in [0.4, 0.5) is 4.39 Å². The Morgan fingerprint density at radius 3 is 2.50 bits per heavy atom. The van der Waals surface area contributed by atoms with Gasteiger partial charge in [0.05, 0.1) is 23.2 Å². The lowest BCUT2D eigenvalue weighted by Crippen LogP contribution is -2.35. The predicted molar refractivity (Wildman–Crippen MR) is 93.6 cm³/mol. The second-order valence-electron chi connectivity index (χ2n) is 7.15. The van der Waals surface area contributed by atoms with E-state index >= 15 is 0 Å². The van der Waals surface area contributed by atoms with Crippen molar-refractivity contribution >= 4 is 11.9 Å². The van der Waals surface area contributed by atoms with Gasteiger partial charge in [0.25, 0.3) is 0 Å². The SMILES string of the molecule is Cc1nn(-c2ccc(F)cc2)c(C)c1CC(=O)N1CC[C@@](C)(C(=O)O)C1. The van der Waals surface area contributed by atoms with E-state index in [4.69, 9.17) is 0 Å². The summed E-state index contributed by atoms with van der Waals surface area (Å²) in [6.45, 7) is 6.06.